The fraction of sp³-hybridized carbons (Fsp3) is 0.579. The Bertz CT molecular complexity index is 678. The first-order valence-electron chi connectivity index (χ1n) is 9.04. The Morgan fingerprint density at radius 2 is 2.00 bits per heavy atom. The molecule has 1 N–H and O–H groups in total. The minimum Gasteiger partial charge on any atom is -0.335 e. The SMILES string of the molecule is C[C@H]1CCCN([C@@H](C)C(=O)N(C)CC(=O)Nc2ccccc2C(F)(F)F)C1. The number of carbonyl (C=O) groups is 2. The molecule has 0 saturated carbocycles. The third-order valence-corrected chi connectivity index (χ3v) is 4.86. The van der Waals surface area contributed by atoms with Gasteiger partial charge < -0.3 is 10.2 Å². The molecule has 2 rings (SSSR count). The van der Waals surface area contributed by atoms with Gasteiger partial charge in [0, 0.05) is 13.6 Å². The predicted octanol–water partition coefficient (Wildman–Crippen LogP) is 3.22. The highest BCUT2D eigenvalue weighted by Gasteiger charge is 2.34. The molecule has 1 saturated heterocycles. The maximum atomic E-state index is 13.0. The molecule has 150 valence electrons. The van der Waals surface area contributed by atoms with E-state index in [9.17, 15) is 22.8 Å². The zero-order valence-corrected chi connectivity index (χ0v) is 15.8. The van der Waals surface area contributed by atoms with E-state index in [1.165, 1.54) is 30.1 Å². The highest BCUT2D eigenvalue weighted by molar-refractivity contribution is 5.95. The Labute approximate surface area is 157 Å². The number of benzene rings is 1. The van der Waals surface area contributed by atoms with Gasteiger partial charge in [0.1, 0.15) is 0 Å². The number of likely N-dealkylation sites (N-methyl/N-ethyl adjacent to an activating group) is 1. The first kappa shape index (κ1) is 21.2. The summed E-state index contributed by atoms with van der Waals surface area (Å²) in [5.41, 5.74) is -1.23. The molecular weight excluding hydrogens is 359 g/mol. The predicted molar refractivity (Wildman–Crippen MR) is 97.1 cm³/mol. The van der Waals surface area contributed by atoms with Crippen molar-refractivity contribution >= 4 is 17.5 Å². The van der Waals surface area contributed by atoms with Crippen molar-refractivity contribution in [3.05, 3.63) is 29.8 Å². The minimum absolute atomic E-state index is 0.219. The van der Waals surface area contributed by atoms with Gasteiger partial charge in [-0.25, -0.2) is 0 Å². The van der Waals surface area contributed by atoms with Crippen molar-refractivity contribution in [2.24, 2.45) is 5.92 Å². The lowest BCUT2D eigenvalue weighted by molar-refractivity contribution is -0.139. The monoisotopic (exact) mass is 385 g/mol. The van der Waals surface area contributed by atoms with Gasteiger partial charge in [-0.3, -0.25) is 14.5 Å². The van der Waals surface area contributed by atoms with Gasteiger partial charge in [-0.05, 0) is 44.4 Å². The van der Waals surface area contributed by atoms with E-state index in [0.29, 0.717) is 5.92 Å². The van der Waals surface area contributed by atoms with Crippen LogP contribution in [0.1, 0.15) is 32.3 Å². The number of carbonyl (C=O) groups excluding carboxylic acids is 2. The maximum Gasteiger partial charge on any atom is 0.418 e. The topological polar surface area (TPSA) is 52.7 Å². The number of para-hydroxylation sites is 1. The summed E-state index contributed by atoms with van der Waals surface area (Å²) < 4.78 is 39.0. The van der Waals surface area contributed by atoms with Crippen molar-refractivity contribution in [2.45, 2.75) is 38.9 Å². The van der Waals surface area contributed by atoms with Crippen LogP contribution in [0, 0.1) is 5.92 Å². The van der Waals surface area contributed by atoms with Crippen molar-refractivity contribution in [3.63, 3.8) is 0 Å². The van der Waals surface area contributed by atoms with Crippen LogP contribution in [0.3, 0.4) is 0 Å². The number of hydrogen-bond acceptors (Lipinski definition) is 3. The van der Waals surface area contributed by atoms with Crippen LogP contribution in [0.25, 0.3) is 0 Å². The first-order valence-corrected chi connectivity index (χ1v) is 9.04. The van der Waals surface area contributed by atoms with E-state index < -0.39 is 17.6 Å². The summed E-state index contributed by atoms with van der Waals surface area (Å²) in [6, 6.07) is 4.41. The summed E-state index contributed by atoms with van der Waals surface area (Å²) in [7, 11) is 1.49. The van der Waals surface area contributed by atoms with Crippen molar-refractivity contribution in [1.29, 1.82) is 0 Å². The first-order chi connectivity index (χ1) is 12.6. The Morgan fingerprint density at radius 3 is 2.63 bits per heavy atom. The molecule has 1 aliphatic rings. The Kier molecular flexibility index (Phi) is 6.86. The highest BCUT2D eigenvalue weighted by atomic mass is 19.4. The van der Waals surface area contributed by atoms with Crippen LogP contribution in [0.2, 0.25) is 0 Å². The molecule has 0 aromatic heterocycles. The minimum atomic E-state index is -4.56. The summed E-state index contributed by atoms with van der Waals surface area (Å²) in [5.74, 6) is -0.369. The lowest BCUT2D eigenvalue weighted by atomic mass is 9.99. The number of halogens is 3. The van der Waals surface area contributed by atoms with Crippen LogP contribution >= 0.6 is 0 Å². The average Bonchev–Trinajstić information content (AvgIpc) is 2.59. The molecule has 8 heteroatoms. The van der Waals surface area contributed by atoms with Gasteiger partial charge >= 0.3 is 6.18 Å². The molecule has 1 aromatic carbocycles. The third-order valence-electron chi connectivity index (χ3n) is 4.86. The largest absolute Gasteiger partial charge is 0.418 e. The van der Waals surface area contributed by atoms with E-state index in [-0.39, 0.29) is 24.2 Å². The van der Waals surface area contributed by atoms with E-state index in [0.717, 1.165) is 32.0 Å². The molecule has 1 heterocycles. The summed E-state index contributed by atoms with van der Waals surface area (Å²) in [6.45, 7) is 5.28. The number of alkyl halides is 3. The van der Waals surface area contributed by atoms with Crippen molar-refractivity contribution in [2.75, 3.05) is 32.0 Å². The van der Waals surface area contributed by atoms with Crippen LogP contribution in [0.5, 0.6) is 0 Å². The maximum absolute atomic E-state index is 13.0. The number of nitrogens with zero attached hydrogens (tertiary/aromatic N) is 2. The van der Waals surface area contributed by atoms with Gasteiger partial charge in [-0.15, -0.1) is 0 Å². The molecule has 27 heavy (non-hydrogen) atoms. The Balaban J connectivity index is 1.96. The standard InChI is InChI=1S/C19H26F3N3O2/c1-13-7-6-10-25(11-13)14(2)18(27)24(3)12-17(26)23-16-9-5-4-8-15(16)19(20,21)22/h4-5,8-9,13-14H,6-7,10-12H2,1-3H3,(H,23,26)/t13-,14-/m0/s1. The molecule has 0 unspecified atom stereocenters. The number of hydrogen-bond donors (Lipinski definition) is 1. The van der Waals surface area contributed by atoms with Crippen LogP contribution in [-0.2, 0) is 15.8 Å². The van der Waals surface area contributed by atoms with E-state index in [1.807, 2.05) is 0 Å². The molecule has 2 atom stereocenters. The second-order valence-corrected chi connectivity index (χ2v) is 7.20. The molecular formula is C19H26F3N3O2. The molecule has 0 aliphatic carbocycles. The van der Waals surface area contributed by atoms with Gasteiger partial charge in [0.2, 0.25) is 11.8 Å². The van der Waals surface area contributed by atoms with E-state index in [2.05, 4.69) is 17.1 Å². The van der Waals surface area contributed by atoms with E-state index >= 15 is 0 Å². The number of piperidine rings is 1. The molecule has 2 amide bonds. The summed E-state index contributed by atoms with van der Waals surface area (Å²) >= 11 is 0. The quantitative estimate of drug-likeness (QED) is 0.847. The lowest BCUT2D eigenvalue weighted by Crippen LogP contribution is -2.50. The van der Waals surface area contributed by atoms with Crippen molar-refractivity contribution in [3.8, 4) is 0 Å². The van der Waals surface area contributed by atoms with E-state index in [1.54, 1.807) is 6.92 Å². The van der Waals surface area contributed by atoms with Gasteiger partial charge in [-0.2, -0.15) is 13.2 Å². The zero-order chi connectivity index (χ0) is 20.2. The van der Waals surface area contributed by atoms with Crippen LogP contribution in [-0.4, -0.2) is 54.3 Å². The summed E-state index contributed by atoms with van der Waals surface area (Å²) in [5, 5.41) is 2.26. The highest BCUT2D eigenvalue weighted by Crippen LogP contribution is 2.34. The van der Waals surface area contributed by atoms with Gasteiger partial charge in [0.05, 0.1) is 23.8 Å². The molecule has 0 radical (unpaired) electrons. The number of nitrogens with one attached hydrogen (secondary N) is 1. The number of likely N-dealkylation sites (tertiary alicyclic amines) is 1. The van der Waals surface area contributed by atoms with Crippen LogP contribution < -0.4 is 5.32 Å². The fourth-order valence-corrected chi connectivity index (χ4v) is 3.38. The van der Waals surface area contributed by atoms with Crippen molar-refractivity contribution < 1.29 is 22.8 Å². The molecule has 0 bridgehead atoms. The zero-order valence-electron chi connectivity index (χ0n) is 15.8. The van der Waals surface area contributed by atoms with Gasteiger partial charge in [0.25, 0.3) is 0 Å². The summed E-state index contributed by atoms with van der Waals surface area (Å²) in [6.07, 6.45) is -2.41. The van der Waals surface area contributed by atoms with Crippen LogP contribution in [0.15, 0.2) is 24.3 Å². The molecule has 5 nitrogen and oxygen atoms in total. The van der Waals surface area contributed by atoms with E-state index in [4.69, 9.17) is 0 Å². The molecule has 1 aliphatic heterocycles. The average molecular weight is 385 g/mol. The number of anilines is 1. The Hall–Kier alpha value is -2.09. The fourth-order valence-electron chi connectivity index (χ4n) is 3.38. The van der Waals surface area contributed by atoms with Crippen LogP contribution in [0.4, 0.5) is 18.9 Å². The number of amides is 2. The van der Waals surface area contributed by atoms with Crippen molar-refractivity contribution in [1.82, 2.24) is 9.80 Å². The number of rotatable bonds is 5. The molecule has 1 aromatic rings. The molecule has 1 fully saturated rings. The third kappa shape index (κ3) is 5.69. The second-order valence-electron chi connectivity index (χ2n) is 7.20. The van der Waals surface area contributed by atoms with Gasteiger partial charge in [-0.1, -0.05) is 19.1 Å². The lowest BCUT2D eigenvalue weighted by Gasteiger charge is -2.36. The van der Waals surface area contributed by atoms with Gasteiger partial charge in [0.15, 0.2) is 0 Å². The smallest absolute Gasteiger partial charge is 0.335 e. The Morgan fingerprint density at radius 1 is 1.33 bits per heavy atom. The molecule has 0 spiro atoms. The second kappa shape index (κ2) is 8.73. The normalized spacial score (nSPS) is 19.4. The summed E-state index contributed by atoms with van der Waals surface area (Å²) in [4.78, 5) is 28.1.